The SMILES string of the molecule is CC(=O)CCc1ccc(OCc2nnn(C)n2)cc1. The van der Waals surface area contributed by atoms with E-state index in [1.807, 2.05) is 24.3 Å². The van der Waals surface area contributed by atoms with Crippen molar-refractivity contribution < 1.29 is 9.53 Å². The minimum absolute atomic E-state index is 0.203. The number of hydrogen-bond acceptors (Lipinski definition) is 5. The van der Waals surface area contributed by atoms with Crippen molar-refractivity contribution in [1.82, 2.24) is 20.2 Å². The highest BCUT2D eigenvalue weighted by atomic mass is 16.5. The van der Waals surface area contributed by atoms with E-state index < -0.39 is 0 Å². The van der Waals surface area contributed by atoms with E-state index in [1.165, 1.54) is 4.80 Å². The molecule has 6 nitrogen and oxygen atoms in total. The van der Waals surface area contributed by atoms with Gasteiger partial charge in [-0.25, -0.2) is 0 Å². The molecule has 1 aromatic heterocycles. The number of aryl methyl sites for hydroxylation is 2. The van der Waals surface area contributed by atoms with Crippen LogP contribution >= 0.6 is 0 Å². The maximum atomic E-state index is 10.9. The van der Waals surface area contributed by atoms with Gasteiger partial charge >= 0.3 is 0 Å². The fourth-order valence-electron chi connectivity index (χ4n) is 1.60. The van der Waals surface area contributed by atoms with Crippen molar-refractivity contribution in [2.75, 3.05) is 0 Å². The number of ketones is 1. The molecule has 0 amide bonds. The Labute approximate surface area is 111 Å². The average Bonchev–Trinajstić information content (AvgIpc) is 2.81. The predicted molar refractivity (Wildman–Crippen MR) is 68.6 cm³/mol. The molecule has 0 aliphatic rings. The molecule has 0 fully saturated rings. The fraction of sp³-hybridized carbons (Fsp3) is 0.385. The third-order valence-electron chi connectivity index (χ3n) is 2.61. The maximum Gasteiger partial charge on any atom is 0.212 e. The summed E-state index contributed by atoms with van der Waals surface area (Å²) in [5.74, 6) is 1.50. The minimum atomic E-state index is 0.203. The minimum Gasteiger partial charge on any atom is -0.485 e. The second-order valence-electron chi connectivity index (χ2n) is 4.33. The average molecular weight is 260 g/mol. The highest BCUT2D eigenvalue weighted by Crippen LogP contribution is 2.14. The lowest BCUT2D eigenvalue weighted by Gasteiger charge is -2.04. The molecule has 2 rings (SSSR count). The summed E-state index contributed by atoms with van der Waals surface area (Å²) in [5.41, 5.74) is 1.13. The van der Waals surface area contributed by atoms with Crippen LogP contribution in [0.5, 0.6) is 5.75 Å². The maximum absolute atomic E-state index is 10.9. The molecule has 0 saturated carbocycles. The molecule has 0 unspecified atom stereocenters. The van der Waals surface area contributed by atoms with Crippen molar-refractivity contribution in [3.8, 4) is 5.75 Å². The van der Waals surface area contributed by atoms with Crippen molar-refractivity contribution in [2.45, 2.75) is 26.4 Å². The first-order valence-corrected chi connectivity index (χ1v) is 6.07. The van der Waals surface area contributed by atoms with Crippen molar-refractivity contribution >= 4 is 5.78 Å². The fourth-order valence-corrected chi connectivity index (χ4v) is 1.60. The van der Waals surface area contributed by atoms with E-state index >= 15 is 0 Å². The normalized spacial score (nSPS) is 10.4. The number of aromatic nitrogens is 4. The number of ether oxygens (including phenoxy) is 1. The van der Waals surface area contributed by atoms with Gasteiger partial charge in [-0.1, -0.05) is 12.1 Å². The molecule has 0 spiro atoms. The van der Waals surface area contributed by atoms with Gasteiger partial charge in [-0.15, -0.1) is 10.2 Å². The zero-order chi connectivity index (χ0) is 13.7. The van der Waals surface area contributed by atoms with Crippen LogP contribution in [0.1, 0.15) is 24.7 Å². The summed E-state index contributed by atoms with van der Waals surface area (Å²) in [6.07, 6.45) is 1.34. The molecule has 19 heavy (non-hydrogen) atoms. The summed E-state index contributed by atoms with van der Waals surface area (Å²) in [7, 11) is 1.71. The Morgan fingerprint density at radius 2 is 2.05 bits per heavy atom. The van der Waals surface area contributed by atoms with E-state index in [1.54, 1.807) is 14.0 Å². The Morgan fingerprint density at radius 1 is 1.32 bits per heavy atom. The van der Waals surface area contributed by atoms with Gasteiger partial charge in [0.25, 0.3) is 0 Å². The van der Waals surface area contributed by atoms with Crippen LogP contribution in [0.3, 0.4) is 0 Å². The summed E-state index contributed by atoms with van der Waals surface area (Å²) in [6.45, 7) is 1.89. The first kappa shape index (κ1) is 13.2. The molecule has 0 bridgehead atoms. The monoisotopic (exact) mass is 260 g/mol. The molecular formula is C13H16N4O2. The third-order valence-corrected chi connectivity index (χ3v) is 2.61. The van der Waals surface area contributed by atoms with Crippen molar-refractivity contribution in [2.24, 2.45) is 7.05 Å². The Hall–Kier alpha value is -2.24. The summed E-state index contributed by atoms with van der Waals surface area (Å²) < 4.78 is 5.54. The molecular weight excluding hydrogens is 244 g/mol. The molecule has 0 atom stereocenters. The lowest BCUT2D eigenvalue weighted by atomic mass is 10.1. The molecule has 0 N–H and O–H groups in total. The molecule has 100 valence electrons. The van der Waals surface area contributed by atoms with Gasteiger partial charge in [-0.05, 0) is 36.3 Å². The summed E-state index contributed by atoms with van der Waals surface area (Å²) in [6, 6.07) is 7.68. The lowest BCUT2D eigenvalue weighted by molar-refractivity contribution is -0.116. The number of carbonyl (C=O) groups is 1. The van der Waals surface area contributed by atoms with Crippen LogP contribution in [0.4, 0.5) is 0 Å². The van der Waals surface area contributed by atoms with Crippen LogP contribution in [-0.2, 0) is 24.9 Å². The third kappa shape index (κ3) is 4.17. The van der Waals surface area contributed by atoms with E-state index in [2.05, 4.69) is 15.4 Å². The van der Waals surface area contributed by atoms with Gasteiger partial charge in [0.15, 0.2) is 6.61 Å². The van der Waals surface area contributed by atoms with Crippen LogP contribution in [0.15, 0.2) is 24.3 Å². The number of carbonyl (C=O) groups excluding carboxylic acids is 1. The quantitative estimate of drug-likeness (QED) is 0.783. The standard InChI is InChI=1S/C13H16N4O2/c1-10(18)3-4-11-5-7-12(8-6-11)19-9-13-14-16-17(2)15-13/h5-8H,3-4,9H2,1-2H3. The van der Waals surface area contributed by atoms with Crippen molar-refractivity contribution in [3.05, 3.63) is 35.7 Å². The number of rotatable bonds is 6. The molecule has 1 aromatic carbocycles. The molecule has 1 heterocycles. The van der Waals surface area contributed by atoms with Crippen LogP contribution in [0, 0.1) is 0 Å². The summed E-state index contributed by atoms with van der Waals surface area (Å²) >= 11 is 0. The highest BCUT2D eigenvalue weighted by molar-refractivity contribution is 5.75. The number of Topliss-reactive ketones (excluding diaryl/α,β-unsaturated/α-hetero) is 1. The van der Waals surface area contributed by atoms with E-state index in [9.17, 15) is 4.79 Å². The van der Waals surface area contributed by atoms with Gasteiger partial charge in [0.2, 0.25) is 5.82 Å². The second kappa shape index (κ2) is 6.08. The summed E-state index contributed by atoms with van der Waals surface area (Å²) in [5, 5.41) is 11.6. The Kier molecular flexibility index (Phi) is 4.22. The number of tetrazole rings is 1. The number of nitrogens with zero attached hydrogens (tertiary/aromatic N) is 4. The topological polar surface area (TPSA) is 69.9 Å². The number of benzene rings is 1. The van der Waals surface area contributed by atoms with Crippen molar-refractivity contribution in [1.29, 1.82) is 0 Å². The molecule has 0 radical (unpaired) electrons. The molecule has 0 aliphatic heterocycles. The van der Waals surface area contributed by atoms with Crippen LogP contribution in [0.25, 0.3) is 0 Å². The molecule has 6 heteroatoms. The first-order chi connectivity index (χ1) is 9.13. The van der Waals surface area contributed by atoms with E-state index in [0.29, 0.717) is 18.9 Å². The molecule has 0 saturated heterocycles. The summed E-state index contributed by atoms with van der Waals surface area (Å²) in [4.78, 5) is 12.3. The van der Waals surface area contributed by atoms with E-state index in [-0.39, 0.29) is 5.78 Å². The van der Waals surface area contributed by atoms with Gasteiger partial charge in [-0.3, -0.25) is 0 Å². The van der Waals surface area contributed by atoms with E-state index in [4.69, 9.17) is 4.74 Å². The Bertz CT molecular complexity index is 548. The Balaban J connectivity index is 1.86. The van der Waals surface area contributed by atoms with Crippen LogP contribution < -0.4 is 4.74 Å². The Morgan fingerprint density at radius 3 is 2.63 bits per heavy atom. The van der Waals surface area contributed by atoms with Crippen molar-refractivity contribution in [3.63, 3.8) is 0 Å². The van der Waals surface area contributed by atoms with Crippen LogP contribution in [0.2, 0.25) is 0 Å². The lowest BCUT2D eigenvalue weighted by Crippen LogP contribution is -1.99. The van der Waals surface area contributed by atoms with Gasteiger partial charge in [0.1, 0.15) is 11.5 Å². The molecule has 2 aromatic rings. The number of hydrogen-bond donors (Lipinski definition) is 0. The van der Waals surface area contributed by atoms with Gasteiger partial charge in [0, 0.05) is 6.42 Å². The van der Waals surface area contributed by atoms with E-state index in [0.717, 1.165) is 17.7 Å². The predicted octanol–water partition coefficient (Wildman–Crippen LogP) is 1.31. The zero-order valence-electron chi connectivity index (χ0n) is 11.0. The van der Waals surface area contributed by atoms with Crippen LogP contribution in [-0.4, -0.2) is 26.0 Å². The largest absolute Gasteiger partial charge is 0.485 e. The first-order valence-electron chi connectivity index (χ1n) is 6.07. The van der Waals surface area contributed by atoms with Gasteiger partial charge in [0.05, 0.1) is 7.05 Å². The molecule has 0 aliphatic carbocycles. The van der Waals surface area contributed by atoms with Gasteiger partial charge < -0.3 is 9.53 Å². The smallest absolute Gasteiger partial charge is 0.212 e. The van der Waals surface area contributed by atoms with Gasteiger partial charge in [-0.2, -0.15) is 4.80 Å². The highest BCUT2D eigenvalue weighted by Gasteiger charge is 2.02. The zero-order valence-corrected chi connectivity index (χ0v) is 11.0. The second-order valence-corrected chi connectivity index (χ2v) is 4.33.